The molecule has 1 aromatic heterocycles. The molecule has 2 aromatic carbocycles. The van der Waals surface area contributed by atoms with Crippen LogP contribution in [0, 0.1) is 18.6 Å². The van der Waals surface area contributed by atoms with Crippen LogP contribution in [-0.2, 0) is 5.41 Å². The normalized spacial score (nSPS) is 12.0. The van der Waals surface area contributed by atoms with Gasteiger partial charge in [-0.2, -0.15) is 0 Å². The molecule has 0 saturated carbocycles. The first-order valence-corrected chi connectivity index (χ1v) is 8.11. The lowest BCUT2D eigenvalue weighted by molar-refractivity contribution is 0.589. The zero-order valence-electron chi connectivity index (χ0n) is 14.0. The molecule has 3 aromatic rings. The molecule has 0 amide bonds. The molecule has 1 nitrogen and oxygen atoms in total. The third-order valence-corrected chi connectivity index (χ3v) is 4.44. The van der Waals surface area contributed by atoms with Gasteiger partial charge in [0.2, 0.25) is 0 Å². The summed E-state index contributed by atoms with van der Waals surface area (Å²) in [5, 5.41) is 0.373. The molecule has 0 aliphatic rings. The second kappa shape index (κ2) is 5.82. The minimum Gasteiger partial charge on any atom is -0.247 e. The summed E-state index contributed by atoms with van der Waals surface area (Å²) in [6, 6.07) is 9.79. The van der Waals surface area contributed by atoms with Gasteiger partial charge in [0, 0.05) is 17.7 Å². The van der Waals surface area contributed by atoms with Crippen LogP contribution in [0.15, 0.2) is 36.4 Å². The van der Waals surface area contributed by atoms with Gasteiger partial charge in [0.05, 0.1) is 21.6 Å². The number of fused-ring (bicyclic) bond motifs is 1. The highest BCUT2D eigenvalue weighted by Gasteiger charge is 2.17. The Labute approximate surface area is 145 Å². The fourth-order valence-corrected chi connectivity index (χ4v) is 3.08. The highest BCUT2D eigenvalue weighted by molar-refractivity contribution is 6.35. The molecule has 0 atom stereocenters. The van der Waals surface area contributed by atoms with Crippen molar-refractivity contribution in [2.45, 2.75) is 33.1 Å². The van der Waals surface area contributed by atoms with Crippen molar-refractivity contribution in [1.82, 2.24) is 4.98 Å². The molecule has 0 aliphatic carbocycles. The van der Waals surface area contributed by atoms with E-state index in [4.69, 9.17) is 11.6 Å². The molecule has 0 N–H and O–H groups in total. The second-order valence-corrected chi connectivity index (χ2v) is 7.46. The zero-order chi connectivity index (χ0) is 17.6. The molecule has 0 saturated heterocycles. The van der Waals surface area contributed by atoms with Gasteiger partial charge >= 0.3 is 0 Å². The van der Waals surface area contributed by atoms with E-state index in [1.54, 1.807) is 6.07 Å². The van der Waals surface area contributed by atoms with Gasteiger partial charge in [-0.3, -0.25) is 0 Å². The Morgan fingerprint density at radius 3 is 2.33 bits per heavy atom. The third-order valence-electron chi connectivity index (χ3n) is 4.15. The number of pyridine rings is 1. The monoisotopic (exact) mass is 345 g/mol. The van der Waals surface area contributed by atoms with E-state index in [0.717, 1.165) is 17.2 Å². The number of aromatic nitrogens is 1. The lowest BCUT2D eigenvalue weighted by Crippen LogP contribution is -2.11. The summed E-state index contributed by atoms with van der Waals surface area (Å²) in [5.74, 6) is -1.37. The van der Waals surface area contributed by atoms with E-state index in [-0.39, 0.29) is 21.3 Å². The maximum absolute atomic E-state index is 13.9. The fraction of sp³-hybridized carbons (Fsp3) is 0.250. The van der Waals surface area contributed by atoms with E-state index in [1.807, 2.05) is 19.1 Å². The molecule has 0 bridgehead atoms. The number of halogens is 3. The van der Waals surface area contributed by atoms with E-state index < -0.39 is 11.6 Å². The number of benzene rings is 2. The Hall–Kier alpha value is -2.00. The van der Waals surface area contributed by atoms with Crippen LogP contribution < -0.4 is 0 Å². The number of aryl methyl sites for hydroxylation is 1. The van der Waals surface area contributed by atoms with Gasteiger partial charge in [0.1, 0.15) is 11.6 Å². The Bertz CT molecular complexity index is 943. The first-order valence-electron chi connectivity index (χ1n) is 7.73. The van der Waals surface area contributed by atoms with E-state index in [1.165, 1.54) is 11.6 Å². The van der Waals surface area contributed by atoms with Crippen LogP contribution in [0.2, 0.25) is 5.02 Å². The van der Waals surface area contributed by atoms with Crippen molar-refractivity contribution in [3.05, 3.63) is 64.2 Å². The largest absolute Gasteiger partial charge is 0.247 e. The Kier molecular flexibility index (Phi) is 4.08. The van der Waals surface area contributed by atoms with Crippen LogP contribution in [0.3, 0.4) is 0 Å². The second-order valence-electron chi connectivity index (χ2n) is 7.05. The Morgan fingerprint density at radius 1 is 1.00 bits per heavy atom. The summed E-state index contributed by atoms with van der Waals surface area (Å²) in [6.45, 7) is 8.45. The van der Waals surface area contributed by atoms with Gasteiger partial charge in [-0.1, -0.05) is 50.6 Å². The van der Waals surface area contributed by atoms with Crippen LogP contribution in [0.4, 0.5) is 8.78 Å². The van der Waals surface area contributed by atoms with Gasteiger partial charge in [0.15, 0.2) is 0 Å². The molecule has 1 heterocycles. The average Bonchev–Trinajstić information content (AvgIpc) is 2.44. The number of hydrogen-bond acceptors (Lipinski definition) is 1. The van der Waals surface area contributed by atoms with Gasteiger partial charge in [-0.15, -0.1) is 0 Å². The van der Waals surface area contributed by atoms with E-state index >= 15 is 0 Å². The van der Waals surface area contributed by atoms with Crippen molar-refractivity contribution < 1.29 is 8.78 Å². The molecule has 0 unspecified atom stereocenters. The molecular weight excluding hydrogens is 328 g/mol. The highest BCUT2D eigenvalue weighted by Crippen LogP contribution is 2.33. The molecule has 124 valence electrons. The van der Waals surface area contributed by atoms with E-state index in [9.17, 15) is 8.78 Å². The summed E-state index contributed by atoms with van der Waals surface area (Å²) >= 11 is 6.22. The van der Waals surface area contributed by atoms with Gasteiger partial charge < -0.3 is 0 Å². The maximum atomic E-state index is 13.9. The van der Waals surface area contributed by atoms with Gasteiger partial charge in [-0.25, -0.2) is 13.8 Å². The predicted octanol–water partition coefficient (Wildman–Crippen LogP) is 6.44. The highest BCUT2D eigenvalue weighted by atomic mass is 35.5. The van der Waals surface area contributed by atoms with Crippen LogP contribution in [0.1, 0.15) is 31.9 Å². The number of hydrogen-bond donors (Lipinski definition) is 0. The SMILES string of the molecule is Cc1cc(C(C)(C)C)ccc1-c1cc(Cl)c2c(F)cc(F)cc2n1. The lowest BCUT2D eigenvalue weighted by atomic mass is 9.85. The topological polar surface area (TPSA) is 12.9 Å². The summed E-state index contributed by atoms with van der Waals surface area (Å²) in [7, 11) is 0. The van der Waals surface area contributed by atoms with E-state index in [0.29, 0.717) is 5.69 Å². The standard InChI is InChI=1S/C20H18ClF2N/c1-11-7-12(20(2,3)4)5-6-14(11)17-10-15(21)19-16(23)8-13(22)9-18(19)24-17/h5-10H,1-4H3. The predicted molar refractivity (Wildman–Crippen MR) is 95.5 cm³/mol. The lowest BCUT2D eigenvalue weighted by Gasteiger charge is -2.20. The quantitative estimate of drug-likeness (QED) is 0.494. The van der Waals surface area contributed by atoms with Crippen molar-refractivity contribution in [3.63, 3.8) is 0 Å². The minimum absolute atomic E-state index is 0.0456. The molecule has 24 heavy (non-hydrogen) atoms. The molecule has 3 rings (SSSR count). The van der Waals surface area contributed by atoms with Crippen molar-refractivity contribution in [3.8, 4) is 11.3 Å². The number of rotatable bonds is 1. The van der Waals surface area contributed by atoms with Crippen LogP contribution in [0.5, 0.6) is 0 Å². The number of nitrogens with zero attached hydrogens (tertiary/aromatic N) is 1. The third kappa shape index (κ3) is 3.01. The van der Waals surface area contributed by atoms with Crippen LogP contribution >= 0.6 is 11.6 Å². The average molecular weight is 346 g/mol. The summed E-state index contributed by atoms with van der Waals surface area (Å²) in [6.07, 6.45) is 0. The molecule has 0 spiro atoms. The fourth-order valence-electron chi connectivity index (χ4n) is 2.79. The Morgan fingerprint density at radius 2 is 1.71 bits per heavy atom. The van der Waals surface area contributed by atoms with Crippen molar-refractivity contribution in [2.24, 2.45) is 0 Å². The molecule has 4 heteroatoms. The van der Waals surface area contributed by atoms with Crippen molar-refractivity contribution in [1.29, 1.82) is 0 Å². The summed E-state index contributed by atoms with van der Waals surface area (Å²) in [4.78, 5) is 4.42. The van der Waals surface area contributed by atoms with E-state index in [2.05, 4.69) is 31.8 Å². The molecule has 0 radical (unpaired) electrons. The van der Waals surface area contributed by atoms with Crippen LogP contribution in [0.25, 0.3) is 22.2 Å². The molecular formula is C20H18ClF2N. The van der Waals surface area contributed by atoms with Gasteiger partial charge in [0.25, 0.3) is 0 Å². The Balaban J connectivity index is 2.20. The molecule has 0 aliphatic heterocycles. The minimum atomic E-state index is -0.700. The van der Waals surface area contributed by atoms with Crippen LogP contribution in [-0.4, -0.2) is 4.98 Å². The van der Waals surface area contributed by atoms with Gasteiger partial charge in [-0.05, 0) is 29.5 Å². The smallest absolute Gasteiger partial charge is 0.137 e. The summed E-state index contributed by atoms with van der Waals surface area (Å²) < 4.78 is 27.4. The van der Waals surface area contributed by atoms with Crippen molar-refractivity contribution in [2.75, 3.05) is 0 Å². The maximum Gasteiger partial charge on any atom is 0.137 e. The zero-order valence-corrected chi connectivity index (χ0v) is 14.8. The molecule has 0 fully saturated rings. The van der Waals surface area contributed by atoms with Crippen molar-refractivity contribution >= 4 is 22.5 Å². The first-order chi connectivity index (χ1) is 11.2. The summed E-state index contributed by atoms with van der Waals surface area (Å²) in [5.41, 5.74) is 4.03. The first kappa shape index (κ1) is 16.8.